The second-order valence-electron chi connectivity index (χ2n) is 4.89. The fourth-order valence-corrected chi connectivity index (χ4v) is 2.41. The average molecular weight is 273 g/mol. The Bertz CT molecular complexity index is 546. The molecule has 0 amide bonds. The molecule has 7 heteroatoms. The maximum atomic E-state index is 4.45. The van der Waals surface area contributed by atoms with Crippen LogP contribution in [0.3, 0.4) is 0 Å². The molecule has 0 saturated heterocycles. The fourth-order valence-electron chi connectivity index (χ4n) is 2.41. The highest BCUT2D eigenvalue weighted by atomic mass is 15.4. The molecule has 2 heterocycles. The molecule has 7 nitrogen and oxygen atoms in total. The lowest BCUT2D eigenvalue weighted by atomic mass is 10.3. The molecule has 106 valence electrons. The van der Waals surface area contributed by atoms with Crippen molar-refractivity contribution in [1.29, 1.82) is 0 Å². The summed E-state index contributed by atoms with van der Waals surface area (Å²) in [4.78, 5) is 13.2. The Morgan fingerprint density at radius 2 is 2.00 bits per heavy atom. The zero-order valence-corrected chi connectivity index (χ0v) is 11.6. The maximum Gasteiger partial charge on any atom is 0.257 e. The number of hydrogen-bond acceptors (Lipinski definition) is 6. The van der Waals surface area contributed by atoms with Gasteiger partial charge in [-0.15, -0.1) is 0 Å². The van der Waals surface area contributed by atoms with Crippen LogP contribution in [-0.4, -0.2) is 37.3 Å². The van der Waals surface area contributed by atoms with Crippen LogP contribution in [0.15, 0.2) is 18.5 Å². The number of anilines is 2. The van der Waals surface area contributed by atoms with E-state index in [2.05, 4.69) is 30.7 Å². The second-order valence-corrected chi connectivity index (χ2v) is 4.89. The van der Waals surface area contributed by atoms with E-state index in [-0.39, 0.29) is 0 Å². The first-order chi connectivity index (χ1) is 9.85. The number of hydrogen-bond donors (Lipinski definition) is 2. The third-order valence-corrected chi connectivity index (χ3v) is 3.36. The van der Waals surface area contributed by atoms with Gasteiger partial charge in [0.05, 0.1) is 0 Å². The minimum absolute atomic E-state index is 0.470. The normalized spacial score (nSPS) is 15.4. The molecule has 3 rings (SSSR count). The summed E-state index contributed by atoms with van der Waals surface area (Å²) in [6.45, 7) is 2.78. The van der Waals surface area contributed by atoms with Crippen LogP contribution >= 0.6 is 0 Å². The molecule has 0 aliphatic heterocycles. The smallest absolute Gasteiger partial charge is 0.257 e. The van der Waals surface area contributed by atoms with Crippen molar-refractivity contribution in [2.75, 3.05) is 17.2 Å². The molecular weight excluding hydrogens is 254 g/mol. The van der Waals surface area contributed by atoms with Crippen molar-refractivity contribution in [2.45, 2.75) is 38.6 Å². The van der Waals surface area contributed by atoms with Crippen molar-refractivity contribution in [1.82, 2.24) is 24.7 Å². The zero-order chi connectivity index (χ0) is 13.8. The predicted molar refractivity (Wildman–Crippen MR) is 77.0 cm³/mol. The van der Waals surface area contributed by atoms with Crippen molar-refractivity contribution in [3.05, 3.63) is 18.5 Å². The number of aromatic nitrogens is 5. The molecular formula is C13H19N7. The van der Waals surface area contributed by atoms with E-state index in [0.29, 0.717) is 23.9 Å². The Hall–Kier alpha value is -2.18. The summed E-state index contributed by atoms with van der Waals surface area (Å²) < 4.78 is 1.64. The topological polar surface area (TPSA) is 80.5 Å². The molecule has 2 aromatic heterocycles. The highest BCUT2D eigenvalue weighted by molar-refractivity contribution is 5.38. The van der Waals surface area contributed by atoms with E-state index in [1.54, 1.807) is 10.9 Å². The van der Waals surface area contributed by atoms with E-state index in [1.807, 2.05) is 19.2 Å². The van der Waals surface area contributed by atoms with Gasteiger partial charge >= 0.3 is 0 Å². The largest absolute Gasteiger partial charge is 0.354 e. The molecule has 0 unspecified atom stereocenters. The first kappa shape index (κ1) is 12.8. The van der Waals surface area contributed by atoms with Gasteiger partial charge in [0.2, 0.25) is 11.9 Å². The molecule has 0 radical (unpaired) electrons. The SMILES string of the molecule is CCNc1nc(NC2CCCC2)nc(-n2cccn2)n1. The van der Waals surface area contributed by atoms with Gasteiger partial charge in [0.1, 0.15) is 0 Å². The summed E-state index contributed by atoms with van der Waals surface area (Å²) in [6, 6.07) is 2.32. The third-order valence-electron chi connectivity index (χ3n) is 3.36. The van der Waals surface area contributed by atoms with Gasteiger partial charge in [-0.05, 0) is 25.8 Å². The lowest BCUT2D eigenvalue weighted by molar-refractivity contribution is 0.733. The predicted octanol–water partition coefficient (Wildman–Crippen LogP) is 1.84. The van der Waals surface area contributed by atoms with Crippen LogP contribution < -0.4 is 10.6 Å². The first-order valence-electron chi connectivity index (χ1n) is 7.11. The van der Waals surface area contributed by atoms with Gasteiger partial charge in [0.15, 0.2) is 0 Å². The molecule has 1 aliphatic rings. The molecule has 20 heavy (non-hydrogen) atoms. The summed E-state index contributed by atoms with van der Waals surface area (Å²) in [5.74, 6) is 1.73. The van der Waals surface area contributed by atoms with E-state index in [0.717, 1.165) is 6.54 Å². The van der Waals surface area contributed by atoms with Gasteiger partial charge in [-0.2, -0.15) is 20.1 Å². The Morgan fingerprint density at radius 3 is 2.70 bits per heavy atom. The van der Waals surface area contributed by atoms with Crippen LogP contribution in [0.25, 0.3) is 5.95 Å². The lowest BCUT2D eigenvalue weighted by Crippen LogP contribution is -2.19. The summed E-state index contributed by atoms with van der Waals surface area (Å²) >= 11 is 0. The highest BCUT2D eigenvalue weighted by Crippen LogP contribution is 2.21. The van der Waals surface area contributed by atoms with Crippen LogP contribution in [0.1, 0.15) is 32.6 Å². The average Bonchev–Trinajstić information content (AvgIpc) is 3.11. The van der Waals surface area contributed by atoms with Crippen LogP contribution in [0, 0.1) is 0 Å². The minimum atomic E-state index is 0.470. The lowest BCUT2D eigenvalue weighted by Gasteiger charge is -2.13. The standard InChI is InChI=1S/C13H19N7/c1-2-14-11-17-12(16-10-6-3-4-7-10)19-13(18-11)20-9-5-8-15-20/h5,8-10H,2-4,6-7H2,1H3,(H2,14,16,17,18,19). The number of nitrogens with zero attached hydrogens (tertiary/aromatic N) is 5. The van der Waals surface area contributed by atoms with Crippen molar-refractivity contribution in [3.8, 4) is 5.95 Å². The van der Waals surface area contributed by atoms with Crippen molar-refractivity contribution >= 4 is 11.9 Å². The first-order valence-corrected chi connectivity index (χ1v) is 7.11. The van der Waals surface area contributed by atoms with Gasteiger partial charge in [-0.1, -0.05) is 12.8 Å². The summed E-state index contributed by atoms with van der Waals surface area (Å²) in [5, 5.41) is 10.7. The fraction of sp³-hybridized carbons (Fsp3) is 0.538. The molecule has 1 saturated carbocycles. The quantitative estimate of drug-likeness (QED) is 0.865. The van der Waals surface area contributed by atoms with Gasteiger partial charge in [0.25, 0.3) is 5.95 Å². The molecule has 0 atom stereocenters. The van der Waals surface area contributed by atoms with Crippen molar-refractivity contribution in [3.63, 3.8) is 0 Å². The van der Waals surface area contributed by atoms with E-state index in [9.17, 15) is 0 Å². The zero-order valence-electron chi connectivity index (χ0n) is 11.6. The van der Waals surface area contributed by atoms with Crippen LogP contribution in [0.4, 0.5) is 11.9 Å². The third kappa shape index (κ3) is 2.87. The Kier molecular flexibility index (Phi) is 3.76. The van der Waals surface area contributed by atoms with Gasteiger partial charge < -0.3 is 10.6 Å². The van der Waals surface area contributed by atoms with Crippen molar-refractivity contribution < 1.29 is 0 Å². The van der Waals surface area contributed by atoms with E-state index in [1.165, 1.54) is 25.7 Å². The van der Waals surface area contributed by atoms with E-state index in [4.69, 9.17) is 0 Å². The molecule has 0 aromatic carbocycles. The maximum absolute atomic E-state index is 4.45. The molecule has 2 N–H and O–H groups in total. The van der Waals surface area contributed by atoms with Crippen LogP contribution in [0.5, 0.6) is 0 Å². The molecule has 1 aliphatic carbocycles. The van der Waals surface area contributed by atoms with Crippen LogP contribution in [-0.2, 0) is 0 Å². The monoisotopic (exact) mass is 273 g/mol. The van der Waals surface area contributed by atoms with Gasteiger partial charge in [-0.3, -0.25) is 0 Å². The van der Waals surface area contributed by atoms with Gasteiger partial charge in [0, 0.05) is 25.0 Å². The van der Waals surface area contributed by atoms with Crippen LogP contribution in [0.2, 0.25) is 0 Å². The molecule has 0 bridgehead atoms. The molecule has 0 spiro atoms. The Morgan fingerprint density at radius 1 is 1.20 bits per heavy atom. The second kappa shape index (κ2) is 5.85. The number of rotatable bonds is 5. The van der Waals surface area contributed by atoms with Crippen molar-refractivity contribution in [2.24, 2.45) is 0 Å². The highest BCUT2D eigenvalue weighted by Gasteiger charge is 2.17. The van der Waals surface area contributed by atoms with Gasteiger partial charge in [-0.25, -0.2) is 4.68 Å². The Balaban J connectivity index is 1.87. The summed E-state index contributed by atoms with van der Waals surface area (Å²) in [7, 11) is 0. The summed E-state index contributed by atoms with van der Waals surface area (Å²) in [6.07, 6.45) is 8.44. The molecule has 2 aromatic rings. The van der Waals surface area contributed by atoms with E-state index < -0.39 is 0 Å². The molecule has 1 fully saturated rings. The van der Waals surface area contributed by atoms with E-state index >= 15 is 0 Å². The minimum Gasteiger partial charge on any atom is -0.354 e. The number of nitrogens with one attached hydrogen (secondary N) is 2. The summed E-state index contributed by atoms with van der Waals surface area (Å²) in [5.41, 5.74) is 0. The Labute approximate surface area is 117 Å².